The van der Waals surface area contributed by atoms with Crippen molar-refractivity contribution in [3.63, 3.8) is 0 Å². The van der Waals surface area contributed by atoms with E-state index in [0.29, 0.717) is 18.2 Å². The lowest BCUT2D eigenvalue weighted by Crippen LogP contribution is -2.23. The lowest BCUT2D eigenvalue weighted by atomic mass is 10.3. The molecular formula is C9H12N2O. The highest BCUT2D eigenvalue weighted by Gasteiger charge is 2.24. The number of rotatable bonds is 2. The first-order valence-corrected chi connectivity index (χ1v) is 4.23. The summed E-state index contributed by atoms with van der Waals surface area (Å²) in [5, 5.41) is 0. The van der Waals surface area contributed by atoms with Crippen LogP contribution in [0.4, 0.5) is 0 Å². The number of nitrogens with zero attached hydrogens (tertiary/aromatic N) is 1. The minimum Gasteiger partial charge on any atom is -0.326 e. The Hall–Kier alpha value is -1.09. The van der Waals surface area contributed by atoms with Gasteiger partial charge in [-0.3, -0.25) is 4.79 Å². The normalized spacial score (nSPS) is 16.4. The molecule has 1 aliphatic carbocycles. The smallest absolute Gasteiger partial charge is 0.255 e. The Morgan fingerprint density at radius 2 is 2.33 bits per heavy atom. The van der Waals surface area contributed by atoms with Gasteiger partial charge in [-0.2, -0.15) is 0 Å². The van der Waals surface area contributed by atoms with Crippen molar-refractivity contribution in [3.05, 3.63) is 34.2 Å². The van der Waals surface area contributed by atoms with E-state index in [0.717, 1.165) is 12.8 Å². The van der Waals surface area contributed by atoms with Crippen molar-refractivity contribution in [1.82, 2.24) is 4.57 Å². The van der Waals surface area contributed by atoms with E-state index in [2.05, 4.69) is 0 Å². The lowest BCUT2D eigenvalue weighted by molar-refractivity contribution is 0.696. The van der Waals surface area contributed by atoms with Crippen LogP contribution >= 0.6 is 0 Å². The van der Waals surface area contributed by atoms with Crippen LogP contribution in [0.3, 0.4) is 0 Å². The minimum absolute atomic E-state index is 0.0856. The maximum atomic E-state index is 11.6. The van der Waals surface area contributed by atoms with Crippen molar-refractivity contribution >= 4 is 0 Å². The summed E-state index contributed by atoms with van der Waals surface area (Å²) in [7, 11) is 0. The fraction of sp³-hybridized carbons (Fsp3) is 0.444. The van der Waals surface area contributed by atoms with Crippen molar-refractivity contribution < 1.29 is 0 Å². The van der Waals surface area contributed by atoms with Gasteiger partial charge in [0.05, 0.1) is 0 Å². The van der Waals surface area contributed by atoms with Gasteiger partial charge in [-0.15, -0.1) is 0 Å². The van der Waals surface area contributed by atoms with Crippen LogP contribution in [0.2, 0.25) is 0 Å². The Bertz CT molecular complexity index is 339. The molecule has 0 saturated heterocycles. The first-order valence-electron chi connectivity index (χ1n) is 4.23. The molecule has 0 unspecified atom stereocenters. The predicted molar refractivity (Wildman–Crippen MR) is 46.9 cm³/mol. The molecule has 3 heteroatoms. The van der Waals surface area contributed by atoms with Gasteiger partial charge in [0, 0.05) is 24.3 Å². The molecule has 1 fully saturated rings. The van der Waals surface area contributed by atoms with E-state index in [9.17, 15) is 4.79 Å². The second-order valence-electron chi connectivity index (χ2n) is 3.18. The molecule has 0 spiro atoms. The van der Waals surface area contributed by atoms with Gasteiger partial charge >= 0.3 is 0 Å². The van der Waals surface area contributed by atoms with Crippen molar-refractivity contribution in [2.45, 2.75) is 25.4 Å². The topological polar surface area (TPSA) is 48.0 Å². The SMILES string of the molecule is NCc1cccn(C2CC2)c1=O. The van der Waals surface area contributed by atoms with E-state index >= 15 is 0 Å². The van der Waals surface area contributed by atoms with Crippen LogP contribution in [0.5, 0.6) is 0 Å². The molecule has 2 rings (SSSR count). The summed E-state index contributed by atoms with van der Waals surface area (Å²) in [6, 6.07) is 4.13. The average molecular weight is 164 g/mol. The van der Waals surface area contributed by atoms with E-state index in [4.69, 9.17) is 5.73 Å². The van der Waals surface area contributed by atoms with E-state index < -0.39 is 0 Å². The monoisotopic (exact) mass is 164 g/mol. The summed E-state index contributed by atoms with van der Waals surface area (Å²) in [4.78, 5) is 11.6. The summed E-state index contributed by atoms with van der Waals surface area (Å²) >= 11 is 0. The Morgan fingerprint density at radius 3 is 2.92 bits per heavy atom. The van der Waals surface area contributed by atoms with E-state index in [-0.39, 0.29) is 5.56 Å². The largest absolute Gasteiger partial charge is 0.326 e. The fourth-order valence-electron chi connectivity index (χ4n) is 1.35. The van der Waals surface area contributed by atoms with Crippen molar-refractivity contribution in [1.29, 1.82) is 0 Å². The molecule has 1 saturated carbocycles. The second-order valence-corrected chi connectivity index (χ2v) is 3.18. The van der Waals surface area contributed by atoms with Crippen LogP contribution in [0.25, 0.3) is 0 Å². The molecule has 2 N–H and O–H groups in total. The van der Waals surface area contributed by atoms with Crippen molar-refractivity contribution in [2.24, 2.45) is 5.73 Å². The number of hydrogen-bond acceptors (Lipinski definition) is 2. The van der Waals surface area contributed by atoms with Crippen LogP contribution in [0.1, 0.15) is 24.4 Å². The first-order chi connectivity index (χ1) is 5.83. The van der Waals surface area contributed by atoms with Crippen LogP contribution in [0, 0.1) is 0 Å². The van der Waals surface area contributed by atoms with E-state index in [1.807, 2.05) is 12.3 Å². The molecule has 0 aromatic carbocycles. The highest BCUT2D eigenvalue weighted by atomic mass is 16.1. The Morgan fingerprint density at radius 1 is 1.58 bits per heavy atom. The zero-order valence-electron chi connectivity index (χ0n) is 6.86. The van der Waals surface area contributed by atoms with Crippen molar-refractivity contribution in [3.8, 4) is 0 Å². The maximum absolute atomic E-state index is 11.6. The van der Waals surface area contributed by atoms with Gasteiger partial charge in [0.1, 0.15) is 0 Å². The third kappa shape index (κ3) is 1.16. The lowest BCUT2D eigenvalue weighted by Gasteiger charge is -2.03. The van der Waals surface area contributed by atoms with Gasteiger partial charge < -0.3 is 10.3 Å². The molecule has 0 radical (unpaired) electrons. The Labute approximate surface area is 70.8 Å². The van der Waals surface area contributed by atoms with Gasteiger partial charge in [0.2, 0.25) is 0 Å². The summed E-state index contributed by atoms with van der Waals surface area (Å²) < 4.78 is 1.79. The molecule has 0 aliphatic heterocycles. The number of nitrogens with two attached hydrogens (primary N) is 1. The first kappa shape index (κ1) is 7.55. The number of hydrogen-bond donors (Lipinski definition) is 1. The Kier molecular flexibility index (Phi) is 1.73. The quantitative estimate of drug-likeness (QED) is 0.697. The van der Waals surface area contributed by atoms with Crippen molar-refractivity contribution in [2.75, 3.05) is 0 Å². The molecule has 64 valence electrons. The highest BCUT2D eigenvalue weighted by Crippen LogP contribution is 2.33. The number of pyridine rings is 1. The summed E-state index contributed by atoms with van der Waals surface area (Å²) in [5.41, 5.74) is 6.22. The average Bonchev–Trinajstić information content (AvgIpc) is 2.88. The third-order valence-electron chi connectivity index (χ3n) is 2.21. The molecule has 1 heterocycles. The molecule has 1 aliphatic rings. The molecule has 1 aromatic heterocycles. The third-order valence-corrected chi connectivity index (χ3v) is 2.21. The van der Waals surface area contributed by atoms with Gasteiger partial charge in [0.15, 0.2) is 0 Å². The molecule has 0 atom stereocenters. The highest BCUT2D eigenvalue weighted by molar-refractivity contribution is 5.11. The summed E-state index contributed by atoms with van der Waals surface area (Å²) in [6.45, 7) is 0.340. The van der Waals surface area contributed by atoms with Crippen LogP contribution in [0.15, 0.2) is 23.1 Å². The molecule has 0 bridgehead atoms. The predicted octanol–water partition coefficient (Wildman–Crippen LogP) is 0.642. The summed E-state index contributed by atoms with van der Waals surface area (Å²) in [6.07, 6.45) is 4.11. The van der Waals surface area contributed by atoms with Gasteiger partial charge in [-0.1, -0.05) is 6.07 Å². The van der Waals surface area contributed by atoms with Crippen LogP contribution in [-0.2, 0) is 6.54 Å². The maximum Gasteiger partial charge on any atom is 0.255 e. The standard InChI is InChI=1S/C9H12N2O/c10-6-7-2-1-5-11(9(7)12)8-3-4-8/h1-2,5,8H,3-4,6,10H2. The molecule has 3 nitrogen and oxygen atoms in total. The number of aromatic nitrogens is 1. The van der Waals surface area contributed by atoms with Crippen LogP contribution in [-0.4, -0.2) is 4.57 Å². The van der Waals surface area contributed by atoms with E-state index in [1.54, 1.807) is 10.6 Å². The zero-order chi connectivity index (χ0) is 8.55. The molecule has 12 heavy (non-hydrogen) atoms. The summed E-state index contributed by atoms with van der Waals surface area (Å²) in [5.74, 6) is 0. The molecular weight excluding hydrogens is 152 g/mol. The zero-order valence-corrected chi connectivity index (χ0v) is 6.86. The van der Waals surface area contributed by atoms with Gasteiger partial charge in [-0.25, -0.2) is 0 Å². The Balaban J connectivity index is 2.48. The minimum atomic E-state index is 0.0856. The van der Waals surface area contributed by atoms with Gasteiger partial charge in [-0.05, 0) is 18.9 Å². The fourth-order valence-corrected chi connectivity index (χ4v) is 1.35. The molecule has 0 amide bonds. The van der Waals surface area contributed by atoms with E-state index in [1.165, 1.54) is 0 Å². The van der Waals surface area contributed by atoms with Crippen LogP contribution < -0.4 is 11.3 Å². The van der Waals surface area contributed by atoms with Gasteiger partial charge in [0.25, 0.3) is 5.56 Å². The second kappa shape index (κ2) is 2.75. The molecule has 1 aromatic rings.